The summed E-state index contributed by atoms with van der Waals surface area (Å²) in [4.78, 5) is 16.7. The summed E-state index contributed by atoms with van der Waals surface area (Å²) in [6, 6.07) is 10.1. The van der Waals surface area contributed by atoms with Crippen molar-refractivity contribution in [2.24, 2.45) is 11.8 Å². The van der Waals surface area contributed by atoms with Crippen LogP contribution in [0.25, 0.3) is 0 Å². The zero-order valence-corrected chi connectivity index (χ0v) is 14.6. The summed E-state index contributed by atoms with van der Waals surface area (Å²) in [5.74, 6) is 1.29. The van der Waals surface area contributed by atoms with Crippen molar-refractivity contribution in [2.75, 3.05) is 26.7 Å². The summed E-state index contributed by atoms with van der Waals surface area (Å²) in [5, 5.41) is 9.00. The van der Waals surface area contributed by atoms with E-state index in [0.717, 1.165) is 57.4 Å². The van der Waals surface area contributed by atoms with Crippen LogP contribution in [-0.2, 0) is 11.3 Å². The number of carbonyl (C=O) groups is 1. The van der Waals surface area contributed by atoms with Crippen LogP contribution in [0.3, 0.4) is 0 Å². The van der Waals surface area contributed by atoms with E-state index in [1.54, 1.807) is 0 Å². The predicted octanol–water partition coefficient (Wildman–Crippen LogP) is 3.03. The molecule has 2 aliphatic rings. The highest BCUT2D eigenvalue weighted by molar-refractivity contribution is 5.79. The van der Waals surface area contributed by atoms with Gasteiger partial charge in [-0.25, -0.2) is 0 Å². The van der Waals surface area contributed by atoms with Crippen LogP contribution in [-0.4, -0.2) is 42.4 Å². The minimum Gasteiger partial charge on any atom is -0.345 e. The third kappa shape index (κ3) is 4.15. The lowest BCUT2D eigenvalue weighted by Crippen LogP contribution is -2.42. The summed E-state index contributed by atoms with van der Waals surface area (Å²) in [6.45, 7) is 3.98. The van der Waals surface area contributed by atoms with Gasteiger partial charge in [0.05, 0.1) is 11.6 Å². The van der Waals surface area contributed by atoms with E-state index in [1.165, 1.54) is 12.0 Å². The number of nitriles is 1. The number of hydrogen-bond acceptors (Lipinski definition) is 3. The molecule has 1 saturated carbocycles. The van der Waals surface area contributed by atoms with Gasteiger partial charge in [0, 0.05) is 26.1 Å². The Kier molecular flexibility index (Phi) is 5.52. The molecule has 0 spiro atoms. The van der Waals surface area contributed by atoms with E-state index in [9.17, 15) is 4.79 Å². The van der Waals surface area contributed by atoms with Crippen LogP contribution in [0.15, 0.2) is 24.3 Å². The molecule has 128 valence electrons. The van der Waals surface area contributed by atoms with E-state index < -0.39 is 0 Å². The lowest BCUT2D eigenvalue weighted by atomic mass is 9.84. The van der Waals surface area contributed by atoms with Crippen molar-refractivity contribution in [2.45, 2.75) is 38.6 Å². The number of piperidine rings is 1. The minimum atomic E-state index is 0.308. The highest BCUT2D eigenvalue weighted by atomic mass is 16.2. The van der Waals surface area contributed by atoms with Crippen molar-refractivity contribution in [3.8, 4) is 6.07 Å². The van der Waals surface area contributed by atoms with Crippen molar-refractivity contribution in [1.82, 2.24) is 9.80 Å². The molecule has 1 aliphatic carbocycles. The molecule has 0 aromatic heterocycles. The molecule has 0 radical (unpaired) electrons. The Hall–Kier alpha value is -1.86. The second-order valence-electron chi connectivity index (χ2n) is 7.38. The number of likely N-dealkylation sites (tertiary alicyclic amines) is 1. The van der Waals surface area contributed by atoms with Crippen molar-refractivity contribution in [3.63, 3.8) is 0 Å². The average Bonchev–Trinajstić information content (AvgIpc) is 2.55. The first-order chi connectivity index (χ1) is 11.7. The first-order valence-corrected chi connectivity index (χ1v) is 9.12. The summed E-state index contributed by atoms with van der Waals surface area (Å²) in [5.41, 5.74) is 1.95. The fourth-order valence-electron chi connectivity index (χ4n) is 3.77. The van der Waals surface area contributed by atoms with Crippen LogP contribution in [0.1, 0.15) is 43.2 Å². The van der Waals surface area contributed by atoms with Crippen molar-refractivity contribution in [1.29, 1.82) is 5.26 Å². The van der Waals surface area contributed by atoms with Gasteiger partial charge in [-0.15, -0.1) is 0 Å². The Bertz CT molecular complexity index is 610. The highest BCUT2D eigenvalue weighted by Crippen LogP contribution is 2.29. The minimum absolute atomic E-state index is 0.308. The highest BCUT2D eigenvalue weighted by Gasteiger charge is 2.29. The van der Waals surface area contributed by atoms with Crippen LogP contribution < -0.4 is 0 Å². The van der Waals surface area contributed by atoms with Crippen molar-refractivity contribution in [3.05, 3.63) is 35.4 Å². The molecule has 0 atom stereocenters. The number of benzene rings is 1. The number of amides is 1. The smallest absolute Gasteiger partial charge is 0.225 e. The van der Waals surface area contributed by atoms with E-state index >= 15 is 0 Å². The Morgan fingerprint density at radius 2 is 2.04 bits per heavy atom. The van der Waals surface area contributed by atoms with Gasteiger partial charge in [-0.2, -0.15) is 5.26 Å². The summed E-state index contributed by atoms with van der Waals surface area (Å²) in [7, 11) is 1.97. The molecule has 1 aromatic carbocycles. The molecule has 0 unspecified atom stereocenters. The fourth-order valence-corrected chi connectivity index (χ4v) is 3.77. The molecular formula is C20H27N3O. The maximum absolute atomic E-state index is 12.3. The van der Waals surface area contributed by atoms with Crippen LogP contribution >= 0.6 is 0 Å². The van der Waals surface area contributed by atoms with E-state index in [-0.39, 0.29) is 0 Å². The summed E-state index contributed by atoms with van der Waals surface area (Å²) < 4.78 is 0. The second kappa shape index (κ2) is 7.81. The zero-order valence-electron chi connectivity index (χ0n) is 14.6. The molecule has 0 N–H and O–H groups in total. The van der Waals surface area contributed by atoms with Gasteiger partial charge < -0.3 is 4.90 Å². The van der Waals surface area contributed by atoms with Gasteiger partial charge in [0.25, 0.3) is 0 Å². The van der Waals surface area contributed by atoms with Crippen LogP contribution in [0.5, 0.6) is 0 Å². The molecule has 1 heterocycles. The van der Waals surface area contributed by atoms with E-state index in [4.69, 9.17) is 5.26 Å². The Balaban J connectivity index is 1.43. The molecular weight excluding hydrogens is 298 g/mol. The van der Waals surface area contributed by atoms with Gasteiger partial charge in [-0.05, 0) is 62.4 Å². The lowest BCUT2D eigenvalue weighted by molar-refractivity contribution is -0.137. The Labute approximate surface area is 145 Å². The first kappa shape index (κ1) is 17.0. The van der Waals surface area contributed by atoms with Gasteiger partial charge in [0.1, 0.15) is 0 Å². The largest absolute Gasteiger partial charge is 0.345 e. The zero-order chi connectivity index (χ0) is 16.9. The fraction of sp³-hybridized carbons (Fsp3) is 0.600. The van der Waals surface area contributed by atoms with Crippen molar-refractivity contribution >= 4 is 5.91 Å². The van der Waals surface area contributed by atoms with Gasteiger partial charge in [0.15, 0.2) is 0 Å². The maximum atomic E-state index is 12.3. The quantitative estimate of drug-likeness (QED) is 0.836. The van der Waals surface area contributed by atoms with Gasteiger partial charge in [-0.3, -0.25) is 9.69 Å². The number of rotatable bonds is 5. The molecule has 2 fully saturated rings. The second-order valence-corrected chi connectivity index (χ2v) is 7.38. The molecule has 3 rings (SSSR count). The van der Waals surface area contributed by atoms with Crippen LogP contribution in [0.2, 0.25) is 0 Å². The molecule has 4 nitrogen and oxygen atoms in total. The molecule has 0 bridgehead atoms. The standard InChI is InChI=1S/C20H27N3O/c1-22(20(24)19-6-3-7-19)14-16-8-10-23(11-9-16)15-18-5-2-4-17(12-18)13-21/h2,4-5,12,16,19H,3,6-11,14-15H2,1H3. The molecule has 1 aromatic rings. The molecule has 4 heteroatoms. The predicted molar refractivity (Wildman–Crippen MR) is 94.1 cm³/mol. The Morgan fingerprint density at radius 1 is 1.29 bits per heavy atom. The summed E-state index contributed by atoms with van der Waals surface area (Å²) in [6.07, 6.45) is 5.70. The number of nitrogens with zero attached hydrogens (tertiary/aromatic N) is 3. The SMILES string of the molecule is CN(CC1CCN(Cc2cccc(C#N)c2)CC1)C(=O)C1CCC1. The van der Waals surface area contributed by atoms with E-state index in [1.807, 2.05) is 30.1 Å². The number of carbonyl (C=O) groups excluding carboxylic acids is 1. The van der Waals surface area contributed by atoms with Gasteiger partial charge in [0.2, 0.25) is 5.91 Å². The Morgan fingerprint density at radius 3 is 2.67 bits per heavy atom. The molecule has 1 amide bonds. The van der Waals surface area contributed by atoms with Gasteiger partial charge in [-0.1, -0.05) is 18.6 Å². The van der Waals surface area contributed by atoms with Crippen LogP contribution in [0.4, 0.5) is 0 Å². The van der Waals surface area contributed by atoms with E-state index in [2.05, 4.69) is 17.0 Å². The first-order valence-electron chi connectivity index (χ1n) is 9.12. The van der Waals surface area contributed by atoms with Crippen molar-refractivity contribution < 1.29 is 4.79 Å². The topological polar surface area (TPSA) is 47.3 Å². The molecule has 1 aliphatic heterocycles. The number of hydrogen-bond donors (Lipinski definition) is 0. The molecule has 1 saturated heterocycles. The molecule has 24 heavy (non-hydrogen) atoms. The summed E-state index contributed by atoms with van der Waals surface area (Å²) >= 11 is 0. The third-order valence-corrected chi connectivity index (χ3v) is 5.53. The van der Waals surface area contributed by atoms with Gasteiger partial charge >= 0.3 is 0 Å². The van der Waals surface area contributed by atoms with Crippen LogP contribution in [0, 0.1) is 23.2 Å². The van der Waals surface area contributed by atoms with E-state index in [0.29, 0.717) is 17.7 Å². The average molecular weight is 325 g/mol. The lowest BCUT2D eigenvalue weighted by Gasteiger charge is -2.35. The normalized spacial score (nSPS) is 19.5. The third-order valence-electron chi connectivity index (χ3n) is 5.53. The maximum Gasteiger partial charge on any atom is 0.225 e. The monoisotopic (exact) mass is 325 g/mol.